The molecular formula is C21H17ClF2N6O2S. The van der Waals surface area contributed by atoms with E-state index in [9.17, 15) is 13.6 Å². The van der Waals surface area contributed by atoms with E-state index in [1.165, 1.54) is 18.3 Å². The fourth-order valence-electron chi connectivity index (χ4n) is 2.82. The number of nitrogens with zero attached hydrogens (tertiary/aromatic N) is 4. The Balaban J connectivity index is 1.40. The van der Waals surface area contributed by atoms with E-state index in [1.807, 2.05) is 30.3 Å². The Kier molecular flexibility index (Phi) is 7.20. The lowest BCUT2D eigenvalue weighted by atomic mass is 10.2. The molecule has 0 aliphatic heterocycles. The Labute approximate surface area is 196 Å². The molecule has 4 rings (SSSR count). The molecule has 12 heteroatoms. The van der Waals surface area contributed by atoms with Crippen molar-refractivity contribution in [3.05, 3.63) is 76.0 Å². The molecule has 0 aliphatic rings. The highest BCUT2D eigenvalue weighted by Gasteiger charge is 2.20. The standard InChI is InChI=1S/C21H17ClF2N6O2S/c22-20-29-17(26-10-15-13(23)7-4-8-25-15)16-19(30-20)33-18(28-16)14(24)9-27-21(31)32-11-12-5-2-1-3-6-12/h1-8,14H,9-11H2,(H,27,31)(H,26,29,30)/t14-/m1/s1. The molecule has 1 aromatic carbocycles. The van der Waals surface area contributed by atoms with Crippen molar-refractivity contribution in [1.82, 2.24) is 25.3 Å². The van der Waals surface area contributed by atoms with Crippen LogP contribution in [0.2, 0.25) is 5.28 Å². The van der Waals surface area contributed by atoms with E-state index in [1.54, 1.807) is 0 Å². The SMILES string of the molecule is O=C(NC[C@@H](F)c1nc2c(NCc3ncccc3F)nc(Cl)nc2s1)OCc1ccccc1. The number of anilines is 1. The number of carbonyl (C=O) groups is 1. The molecule has 0 radical (unpaired) electrons. The van der Waals surface area contributed by atoms with Gasteiger partial charge in [0.15, 0.2) is 16.8 Å². The average Bonchev–Trinajstić information content (AvgIpc) is 3.25. The molecule has 3 aromatic heterocycles. The topological polar surface area (TPSA) is 102 Å². The van der Waals surface area contributed by atoms with Crippen LogP contribution in [0.15, 0.2) is 48.7 Å². The number of alkyl halides is 1. The Bertz CT molecular complexity index is 1260. The summed E-state index contributed by atoms with van der Waals surface area (Å²) >= 11 is 6.95. The number of aromatic nitrogens is 4. The van der Waals surface area contributed by atoms with Gasteiger partial charge in [-0.25, -0.2) is 23.5 Å². The van der Waals surface area contributed by atoms with Gasteiger partial charge in [0.25, 0.3) is 0 Å². The van der Waals surface area contributed by atoms with Gasteiger partial charge in [0.2, 0.25) is 5.28 Å². The van der Waals surface area contributed by atoms with Crippen LogP contribution in [0.1, 0.15) is 22.4 Å². The predicted molar refractivity (Wildman–Crippen MR) is 120 cm³/mol. The number of ether oxygens (including phenoxy) is 1. The minimum absolute atomic E-state index is 0.0237. The monoisotopic (exact) mass is 490 g/mol. The summed E-state index contributed by atoms with van der Waals surface area (Å²) in [5.74, 6) is -0.255. The van der Waals surface area contributed by atoms with E-state index in [-0.39, 0.29) is 47.0 Å². The minimum atomic E-state index is -1.60. The zero-order chi connectivity index (χ0) is 23.2. The average molecular weight is 491 g/mol. The lowest BCUT2D eigenvalue weighted by Gasteiger charge is -2.08. The van der Waals surface area contributed by atoms with Crippen LogP contribution in [0.25, 0.3) is 10.3 Å². The highest BCUT2D eigenvalue weighted by atomic mass is 35.5. The quantitative estimate of drug-likeness (QED) is 0.341. The van der Waals surface area contributed by atoms with Crippen molar-refractivity contribution < 1.29 is 18.3 Å². The Morgan fingerprint density at radius 3 is 2.76 bits per heavy atom. The van der Waals surface area contributed by atoms with Gasteiger partial charge in [-0.1, -0.05) is 41.7 Å². The van der Waals surface area contributed by atoms with Gasteiger partial charge in [-0.15, -0.1) is 0 Å². The normalized spacial score (nSPS) is 11.8. The van der Waals surface area contributed by atoms with Crippen molar-refractivity contribution in [2.24, 2.45) is 0 Å². The first-order chi connectivity index (χ1) is 16.0. The van der Waals surface area contributed by atoms with Gasteiger partial charge in [0.05, 0.1) is 18.8 Å². The maximum atomic E-state index is 14.7. The van der Waals surface area contributed by atoms with Gasteiger partial charge in [0.1, 0.15) is 22.9 Å². The second-order valence-electron chi connectivity index (χ2n) is 6.74. The van der Waals surface area contributed by atoms with E-state index in [0.29, 0.717) is 4.83 Å². The van der Waals surface area contributed by atoms with Crippen molar-refractivity contribution in [3.63, 3.8) is 0 Å². The van der Waals surface area contributed by atoms with Gasteiger partial charge >= 0.3 is 6.09 Å². The number of amides is 1. The van der Waals surface area contributed by atoms with Crippen molar-refractivity contribution >= 4 is 45.2 Å². The summed E-state index contributed by atoms with van der Waals surface area (Å²) in [6.45, 7) is -0.239. The Morgan fingerprint density at radius 1 is 1.15 bits per heavy atom. The summed E-state index contributed by atoms with van der Waals surface area (Å²) in [7, 11) is 0. The molecule has 0 saturated carbocycles. The number of hydrogen-bond acceptors (Lipinski definition) is 8. The summed E-state index contributed by atoms with van der Waals surface area (Å²) in [6.07, 6.45) is -0.881. The number of thiazole rings is 1. The molecule has 0 unspecified atom stereocenters. The number of fused-ring (bicyclic) bond motifs is 1. The molecule has 0 bridgehead atoms. The van der Waals surface area contributed by atoms with E-state index in [4.69, 9.17) is 16.3 Å². The van der Waals surface area contributed by atoms with Crippen LogP contribution in [-0.2, 0) is 17.9 Å². The van der Waals surface area contributed by atoms with E-state index in [0.717, 1.165) is 16.9 Å². The molecular weight excluding hydrogens is 474 g/mol. The molecule has 1 amide bonds. The Hall–Kier alpha value is -3.44. The molecule has 0 fully saturated rings. The second kappa shape index (κ2) is 10.5. The van der Waals surface area contributed by atoms with Crippen LogP contribution < -0.4 is 10.6 Å². The number of hydrogen-bond donors (Lipinski definition) is 2. The third-order valence-corrected chi connectivity index (χ3v) is 5.62. The maximum Gasteiger partial charge on any atom is 0.407 e. The summed E-state index contributed by atoms with van der Waals surface area (Å²) in [5, 5.41) is 5.30. The highest BCUT2D eigenvalue weighted by Crippen LogP contribution is 2.31. The van der Waals surface area contributed by atoms with Crippen molar-refractivity contribution in [3.8, 4) is 0 Å². The fourth-order valence-corrected chi connectivity index (χ4v) is 3.96. The first-order valence-corrected chi connectivity index (χ1v) is 10.9. The molecule has 1 atom stereocenters. The molecule has 33 heavy (non-hydrogen) atoms. The molecule has 0 saturated heterocycles. The van der Waals surface area contributed by atoms with E-state index in [2.05, 4.69) is 30.6 Å². The van der Waals surface area contributed by atoms with Crippen LogP contribution in [-0.4, -0.2) is 32.6 Å². The number of nitrogens with one attached hydrogen (secondary N) is 2. The van der Waals surface area contributed by atoms with Crippen LogP contribution in [0.4, 0.5) is 19.4 Å². The summed E-state index contributed by atoms with van der Waals surface area (Å²) in [5.41, 5.74) is 1.28. The van der Waals surface area contributed by atoms with E-state index >= 15 is 0 Å². The first-order valence-electron chi connectivity index (χ1n) is 9.75. The third-order valence-electron chi connectivity index (χ3n) is 4.41. The van der Waals surface area contributed by atoms with Crippen LogP contribution >= 0.6 is 22.9 Å². The lowest BCUT2D eigenvalue weighted by molar-refractivity contribution is 0.136. The number of alkyl carbamates (subject to hydrolysis) is 1. The highest BCUT2D eigenvalue weighted by molar-refractivity contribution is 7.18. The van der Waals surface area contributed by atoms with Crippen molar-refractivity contribution in [2.45, 2.75) is 19.3 Å². The van der Waals surface area contributed by atoms with Crippen LogP contribution in [0.3, 0.4) is 0 Å². The van der Waals surface area contributed by atoms with Gasteiger partial charge < -0.3 is 15.4 Å². The van der Waals surface area contributed by atoms with Crippen LogP contribution in [0.5, 0.6) is 0 Å². The summed E-state index contributed by atoms with van der Waals surface area (Å²) in [4.78, 5) is 28.6. The van der Waals surface area contributed by atoms with Gasteiger partial charge in [-0.05, 0) is 29.3 Å². The zero-order valence-corrected chi connectivity index (χ0v) is 18.5. The largest absolute Gasteiger partial charge is 0.445 e. The Morgan fingerprint density at radius 2 is 1.97 bits per heavy atom. The molecule has 170 valence electrons. The second-order valence-corrected chi connectivity index (χ2v) is 8.09. The van der Waals surface area contributed by atoms with Gasteiger partial charge in [-0.2, -0.15) is 4.98 Å². The summed E-state index contributed by atoms with van der Waals surface area (Å²) in [6, 6.07) is 11.9. The molecule has 8 nitrogen and oxygen atoms in total. The lowest BCUT2D eigenvalue weighted by Crippen LogP contribution is -2.27. The smallest absolute Gasteiger partial charge is 0.407 e. The fraction of sp³-hybridized carbons (Fsp3) is 0.190. The van der Waals surface area contributed by atoms with Crippen molar-refractivity contribution in [2.75, 3.05) is 11.9 Å². The third kappa shape index (κ3) is 5.88. The number of rotatable bonds is 8. The van der Waals surface area contributed by atoms with E-state index < -0.39 is 18.1 Å². The molecule has 4 aromatic rings. The first kappa shape index (κ1) is 22.7. The molecule has 3 heterocycles. The molecule has 0 aliphatic carbocycles. The maximum absolute atomic E-state index is 14.7. The van der Waals surface area contributed by atoms with Crippen LogP contribution in [0, 0.1) is 5.82 Å². The van der Waals surface area contributed by atoms with Gasteiger partial charge in [-0.3, -0.25) is 4.98 Å². The van der Waals surface area contributed by atoms with Crippen molar-refractivity contribution in [1.29, 1.82) is 0 Å². The number of halogens is 3. The zero-order valence-electron chi connectivity index (χ0n) is 17.0. The number of pyridine rings is 1. The molecule has 0 spiro atoms. The number of benzene rings is 1. The summed E-state index contributed by atoms with van der Waals surface area (Å²) < 4.78 is 33.6. The number of carbonyl (C=O) groups excluding carboxylic acids is 1. The van der Waals surface area contributed by atoms with Gasteiger partial charge in [0, 0.05) is 6.20 Å². The molecule has 2 N–H and O–H groups in total. The minimum Gasteiger partial charge on any atom is -0.445 e. The predicted octanol–water partition coefficient (Wildman–Crippen LogP) is 4.82.